The summed E-state index contributed by atoms with van der Waals surface area (Å²) in [6.45, 7) is 10.6. The number of carbonyl (C=O) groups excluding carboxylic acids is 2. The van der Waals surface area contributed by atoms with Crippen LogP contribution in [0.2, 0.25) is 10.0 Å². The van der Waals surface area contributed by atoms with Gasteiger partial charge < -0.3 is 10.2 Å². The Morgan fingerprint density at radius 2 is 1.56 bits per heavy atom. The number of halogens is 2. The van der Waals surface area contributed by atoms with Crippen LogP contribution in [0, 0.1) is 13.8 Å². The molecule has 0 saturated heterocycles. The van der Waals surface area contributed by atoms with E-state index >= 15 is 0 Å². The lowest BCUT2D eigenvalue weighted by Gasteiger charge is -2.35. The number of nitrogens with zero attached hydrogens (tertiary/aromatic N) is 2. The van der Waals surface area contributed by atoms with Crippen molar-refractivity contribution in [2.45, 2.75) is 71.0 Å². The molecule has 10 heteroatoms. The van der Waals surface area contributed by atoms with Crippen LogP contribution in [-0.2, 0) is 26.2 Å². The van der Waals surface area contributed by atoms with Gasteiger partial charge in [-0.3, -0.25) is 13.9 Å². The fraction of sp³-hybridized carbons (Fsp3) is 0.355. The number of rotatable bonds is 10. The van der Waals surface area contributed by atoms with Gasteiger partial charge in [-0.05, 0) is 88.6 Å². The zero-order valence-corrected chi connectivity index (χ0v) is 26.6. The molecule has 1 atom stereocenters. The fourth-order valence-corrected chi connectivity index (χ4v) is 6.08. The van der Waals surface area contributed by atoms with Gasteiger partial charge in [0.15, 0.2) is 0 Å². The molecule has 0 saturated carbocycles. The summed E-state index contributed by atoms with van der Waals surface area (Å²) < 4.78 is 29.0. The summed E-state index contributed by atoms with van der Waals surface area (Å²) in [5, 5.41) is 3.63. The van der Waals surface area contributed by atoms with Gasteiger partial charge in [0.2, 0.25) is 11.8 Å². The van der Waals surface area contributed by atoms with Crippen molar-refractivity contribution in [3.63, 3.8) is 0 Å². The van der Waals surface area contributed by atoms with E-state index in [0.717, 1.165) is 15.4 Å². The van der Waals surface area contributed by atoms with Crippen LogP contribution in [0.1, 0.15) is 50.8 Å². The zero-order chi connectivity index (χ0) is 30.5. The summed E-state index contributed by atoms with van der Waals surface area (Å²) >= 11 is 12.4. The first-order chi connectivity index (χ1) is 19.1. The predicted molar refractivity (Wildman–Crippen MR) is 166 cm³/mol. The Morgan fingerprint density at radius 1 is 0.902 bits per heavy atom. The second-order valence-corrected chi connectivity index (χ2v) is 13.8. The third kappa shape index (κ3) is 8.47. The van der Waals surface area contributed by atoms with Crippen LogP contribution >= 0.6 is 23.2 Å². The molecule has 1 unspecified atom stereocenters. The topological polar surface area (TPSA) is 86.8 Å². The van der Waals surface area contributed by atoms with Crippen molar-refractivity contribution < 1.29 is 18.0 Å². The molecule has 2 amide bonds. The van der Waals surface area contributed by atoms with E-state index in [1.54, 1.807) is 48.5 Å². The van der Waals surface area contributed by atoms with Gasteiger partial charge in [0, 0.05) is 12.1 Å². The highest BCUT2D eigenvalue weighted by Gasteiger charge is 2.34. The van der Waals surface area contributed by atoms with E-state index in [9.17, 15) is 18.0 Å². The Labute approximate surface area is 253 Å². The molecule has 41 heavy (non-hydrogen) atoms. The van der Waals surface area contributed by atoms with Crippen molar-refractivity contribution >= 4 is 50.7 Å². The SMILES string of the molecule is CCC(C(=O)NC(C)(C)C)N(Cc1ccc(Cl)c(Cl)c1)C(=O)CN(c1cccc(C)c1)S(=O)(=O)c1ccc(C)cc1. The van der Waals surface area contributed by atoms with E-state index in [2.05, 4.69) is 5.32 Å². The van der Waals surface area contributed by atoms with E-state index in [-0.39, 0.29) is 17.3 Å². The maximum Gasteiger partial charge on any atom is 0.264 e. The normalized spacial score (nSPS) is 12.5. The highest BCUT2D eigenvalue weighted by Crippen LogP contribution is 2.27. The van der Waals surface area contributed by atoms with Gasteiger partial charge in [0.25, 0.3) is 10.0 Å². The number of benzene rings is 3. The van der Waals surface area contributed by atoms with Crippen LogP contribution in [0.4, 0.5) is 5.69 Å². The molecule has 0 bridgehead atoms. The number of hydrogen-bond acceptors (Lipinski definition) is 4. The van der Waals surface area contributed by atoms with E-state index in [0.29, 0.717) is 27.7 Å². The molecule has 0 aromatic heterocycles. The van der Waals surface area contributed by atoms with Crippen LogP contribution in [0.5, 0.6) is 0 Å². The molecule has 220 valence electrons. The minimum atomic E-state index is -4.14. The molecule has 0 aliphatic rings. The lowest BCUT2D eigenvalue weighted by Crippen LogP contribution is -2.55. The first-order valence-electron chi connectivity index (χ1n) is 13.3. The molecule has 1 N–H and O–H groups in total. The van der Waals surface area contributed by atoms with Crippen molar-refractivity contribution in [1.82, 2.24) is 10.2 Å². The Morgan fingerprint density at radius 3 is 2.12 bits per heavy atom. The van der Waals surface area contributed by atoms with Gasteiger partial charge in [-0.1, -0.05) is 66.0 Å². The molecule has 3 rings (SSSR count). The molecule has 0 heterocycles. The number of aryl methyl sites for hydroxylation is 2. The smallest absolute Gasteiger partial charge is 0.264 e. The monoisotopic (exact) mass is 617 g/mol. The van der Waals surface area contributed by atoms with Crippen molar-refractivity contribution in [2.24, 2.45) is 0 Å². The van der Waals surface area contributed by atoms with Gasteiger partial charge in [-0.15, -0.1) is 0 Å². The molecule has 0 spiro atoms. The minimum Gasteiger partial charge on any atom is -0.350 e. The molecule has 0 fully saturated rings. The summed E-state index contributed by atoms with van der Waals surface area (Å²) in [5.74, 6) is -0.874. The Kier molecular flexibility index (Phi) is 10.5. The Bertz CT molecular complexity index is 1500. The number of anilines is 1. The number of hydrogen-bond donors (Lipinski definition) is 1. The van der Waals surface area contributed by atoms with Crippen molar-refractivity contribution in [2.75, 3.05) is 10.8 Å². The van der Waals surface area contributed by atoms with Gasteiger partial charge in [-0.25, -0.2) is 8.42 Å². The van der Waals surface area contributed by atoms with Gasteiger partial charge in [0.05, 0.1) is 20.6 Å². The third-order valence-corrected chi connectivity index (χ3v) is 8.93. The number of carbonyl (C=O) groups is 2. The summed E-state index contributed by atoms with van der Waals surface area (Å²) in [6.07, 6.45) is 0.310. The number of nitrogens with one attached hydrogen (secondary N) is 1. The Balaban J connectivity index is 2.09. The first-order valence-corrected chi connectivity index (χ1v) is 15.5. The summed E-state index contributed by atoms with van der Waals surface area (Å²) in [4.78, 5) is 29.0. The summed E-state index contributed by atoms with van der Waals surface area (Å²) in [6, 6.07) is 17.6. The maximum absolute atomic E-state index is 14.2. The van der Waals surface area contributed by atoms with Crippen LogP contribution in [0.25, 0.3) is 0 Å². The molecule has 0 radical (unpaired) electrons. The third-order valence-electron chi connectivity index (χ3n) is 6.40. The van der Waals surface area contributed by atoms with Crippen LogP contribution < -0.4 is 9.62 Å². The molecule has 3 aromatic rings. The van der Waals surface area contributed by atoms with E-state index < -0.39 is 34.1 Å². The Hall–Kier alpha value is -3.07. The van der Waals surface area contributed by atoms with Crippen molar-refractivity contribution in [3.05, 3.63) is 93.5 Å². The second-order valence-electron chi connectivity index (χ2n) is 11.1. The van der Waals surface area contributed by atoms with Gasteiger partial charge in [-0.2, -0.15) is 0 Å². The molecule has 0 aliphatic carbocycles. The van der Waals surface area contributed by atoms with Crippen molar-refractivity contribution in [3.8, 4) is 0 Å². The molecular weight excluding hydrogens is 581 g/mol. The average molecular weight is 619 g/mol. The van der Waals surface area contributed by atoms with Gasteiger partial charge >= 0.3 is 0 Å². The molecule has 0 aliphatic heterocycles. The second kappa shape index (κ2) is 13.3. The van der Waals surface area contributed by atoms with E-state index in [4.69, 9.17) is 23.2 Å². The quantitative estimate of drug-likeness (QED) is 0.280. The largest absolute Gasteiger partial charge is 0.350 e. The summed E-state index contributed by atoms with van der Waals surface area (Å²) in [7, 11) is -4.14. The van der Waals surface area contributed by atoms with Crippen LogP contribution in [0.15, 0.2) is 71.6 Å². The molecule has 7 nitrogen and oxygen atoms in total. The lowest BCUT2D eigenvalue weighted by atomic mass is 10.1. The molecular formula is C31H37Cl2N3O4S. The predicted octanol–water partition coefficient (Wildman–Crippen LogP) is 6.53. The number of sulfonamides is 1. The summed E-state index contributed by atoms with van der Waals surface area (Å²) in [5.41, 5.74) is 2.21. The van der Waals surface area contributed by atoms with Crippen LogP contribution in [0.3, 0.4) is 0 Å². The average Bonchev–Trinajstić information content (AvgIpc) is 2.88. The van der Waals surface area contributed by atoms with Gasteiger partial charge in [0.1, 0.15) is 12.6 Å². The van der Waals surface area contributed by atoms with E-state index in [1.807, 2.05) is 47.6 Å². The zero-order valence-electron chi connectivity index (χ0n) is 24.2. The number of amides is 2. The maximum atomic E-state index is 14.2. The standard InChI is InChI=1S/C31H37Cl2N3O4S/c1-7-28(30(38)34-31(4,5)6)35(19-23-13-16-26(32)27(33)18-23)29(37)20-36(24-10-8-9-22(3)17-24)41(39,40)25-14-11-21(2)12-15-25/h8-18,28H,7,19-20H2,1-6H3,(H,34,38). The highest BCUT2D eigenvalue weighted by atomic mass is 35.5. The fourth-order valence-electron chi connectivity index (χ4n) is 4.36. The van der Waals surface area contributed by atoms with Crippen molar-refractivity contribution in [1.29, 1.82) is 0 Å². The first kappa shape index (κ1) is 32.4. The molecule has 3 aromatic carbocycles. The highest BCUT2D eigenvalue weighted by molar-refractivity contribution is 7.92. The van der Waals surface area contributed by atoms with E-state index in [1.165, 1.54) is 17.0 Å². The van der Waals surface area contributed by atoms with Crippen LogP contribution in [-0.4, -0.2) is 43.3 Å². The lowest BCUT2D eigenvalue weighted by molar-refractivity contribution is -0.141. The minimum absolute atomic E-state index is 0.0258.